The molecule has 8 nitrogen and oxygen atoms in total. The van der Waals surface area contributed by atoms with Crippen molar-refractivity contribution in [3.05, 3.63) is 47.9 Å². The number of ether oxygens (including phenoxy) is 1. The van der Waals surface area contributed by atoms with E-state index in [2.05, 4.69) is 32.1 Å². The van der Waals surface area contributed by atoms with Gasteiger partial charge in [-0.2, -0.15) is 13.2 Å². The topological polar surface area (TPSA) is 90.8 Å². The van der Waals surface area contributed by atoms with E-state index in [-0.39, 0.29) is 11.9 Å². The summed E-state index contributed by atoms with van der Waals surface area (Å²) in [4.78, 5) is 22.3. The van der Waals surface area contributed by atoms with Crippen LogP contribution in [-0.4, -0.2) is 78.4 Å². The van der Waals surface area contributed by atoms with Crippen molar-refractivity contribution in [2.45, 2.75) is 25.1 Å². The number of aromatic carboxylic acids is 1. The molecule has 3 heterocycles. The van der Waals surface area contributed by atoms with Gasteiger partial charge in [0.25, 0.3) is 0 Å². The molecule has 2 N–H and O–H groups in total. The van der Waals surface area contributed by atoms with Crippen LogP contribution in [0.15, 0.2) is 36.7 Å². The number of rotatable bonds is 4. The van der Waals surface area contributed by atoms with Crippen LogP contribution in [0.5, 0.6) is 0 Å². The zero-order chi connectivity index (χ0) is 23.8. The minimum absolute atomic E-state index is 0.00142. The number of carboxylic acids is 1. The molecular weight excluding hydrogens is 439 g/mol. The Labute approximate surface area is 190 Å². The molecule has 1 atom stereocenters. The average Bonchev–Trinajstić information content (AvgIpc) is 2.80. The van der Waals surface area contributed by atoms with E-state index in [0.29, 0.717) is 25.0 Å². The first-order chi connectivity index (χ1) is 15.7. The SMILES string of the molecule is CN1CCN(c2ccc(C(=O)O)cc2)CC1.FC(F)(F)c1cncc(NC2CCCOC2)n1. The number of alkyl halides is 3. The van der Waals surface area contributed by atoms with Crippen molar-refractivity contribution in [3.63, 3.8) is 0 Å². The summed E-state index contributed by atoms with van der Waals surface area (Å²) in [6.45, 7) is 5.30. The van der Waals surface area contributed by atoms with Crippen LogP contribution in [0.25, 0.3) is 0 Å². The summed E-state index contributed by atoms with van der Waals surface area (Å²) >= 11 is 0. The number of hydrogen-bond acceptors (Lipinski definition) is 7. The molecule has 2 fully saturated rings. The third-order valence-electron chi connectivity index (χ3n) is 5.42. The predicted molar refractivity (Wildman–Crippen MR) is 118 cm³/mol. The maximum Gasteiger partial charge on any atom is 0.434 e. The summed E-state index contributed by atoms with van der Waals surface area (Å²) in [5.41, 5.74) is 0.468. The molecule has 1 unspecified atom stereocenters. The fourth-order valence-corrected chi connectivity index (χ4v) is 3.52. The van der Waals surface area contributed by atoms with Gasteiger partial charge in [0.15, 0.2) is 5.69 Å². The van der Waals surface area contributed by atoms with Gasteiger partial charge in [0.05, 0.1) is 30.6 Å². The highest BCUT2D eigenvalue weighted by Gasteiger charge is 2.33. The molecule has 0 amide bonds. The van der Waals surface area contributed by atoms with Gasteiger partial charge < -0.3 is 25.0 Å². The van der Waals surface area contributed by atoms with E-state index in [1.807, 2.05) is 12.1 Å². The van der Waals surface area contributed by atoms with Crippen molar-refractivity contribution >= 4 is 17.5 Å². The third kappa shape index (κ3) is 7.57. The Hall–Kier alpha value is -2.92. The smallest absolute Gasteiger partial charge is 0.434 e. The largest absolute Gasteiger partial charge is 0.478 e. The molecule has 2 saturated heterocycles. The summed E-state index contributed by atoms with van der Waals surface area (Å²) in [6.07, 6.45) is -0.720. The summed E-state index contributed by atoms with van der Waals surface area (Å²) in [6, 6.07) is 7.09. The zero-order valence-corrected chi connectivity index (χ0v) is 18.4. The Morgan fingerprint density at radius 2 is 1.85 bits per heavy atom. The Kier molecular flexibility index (Phi) is 8.45. The lowest BCUT2D eigenvalue weighted by molar-refractivity contribution is -0.141. The molecule has 1 aromatic heterocycles. The molecule has 0 bridgehead atoms. The van der Waals surface area contributed by atoms with Gasteiger partial charge >= 0.3 is 12.1 Å². The van der Waals surface area contributed by atoms with Gasteiger partial charge in [0.1, 0.15) is 5.82 Å². The van der Waals surface area contributed by atoms with E-state index in [4.69, 9.17) is 9.84 Å². The van der Waals surface area contributed by atoms with Crippen LogP contribution in [0.3, 0.4) is 0 Å². The predicted octanol–water partition coefficient (Wildman–Crippen LogP) is 3.22. The standard InChI is InChI=1S/C12H16N2O2.C10H12F3N3O/c1-13-6-8-14(9-7-13)11-4-2-10(3-5-11)12(15)16;11-10(12,13)8-4-14-5-9(16-8)15-7-2-1-3-17-6-7/h2-5H,6-9H2,1H3,(H,15,16);4-5,7H,1-3,6H2,(H,15,16). The van der Waals surface area contributed by atoms with Crippen molar-refractivity contribution in [2.75, 3.05) is 56.7 Å². The van der Waals surface area contributed by atoms with E-state index >= 15 is 0 Å². The van der Waals surface area contributed by atoms with Crippen LogP contribution >= 0.6 is 0 Å². The van der Waals surface area contributed by atoms with Gasteiger partial charge in [-0.1, -0.05) is 0 Å². The minimum atomic E-state index is -4.46. The first-order valence-electron chi connectivity index (χ1n) is 10.7. The van der Waals surface area contributed by atoms with Crippen LogP contribution < -0.4 is 10.2 Å². The molecule has 0 saturated carbocycles. The van der Waals surface area contributed by atoms with Gasteiger partial charge in [0, 0.05) is 38.5 Å². The number of benzene rings is 1. The fraction of sp³-hybridized carbons (Fsp3) is 0.500. The fourth-order valence-electron chi connectivity index (χ4n) is 3.52. The number of carboxylic acid groups (broad SMARTS) is 1. The zero-order valence-electron chi connectivity index (χ0n) is 18.4. The van der Waals surface area contributed by atoms with Crippen molar-refractivity contribution in [2.24, 2.45) is 0 Å². The first kappa shape index (κ1) is 24.7. The highest BCUT2D eigenvalue weighted by molar-refractivity contribution is 5.88. The highest BCUT2D eigenvalue weighted by Crippen LogP contribution is 2.27. The number of nitrogens with zero attached hydrogens (tertiary/aromatic N) is 4. The second-order valence-corrected chi connectivity index (χ2v) is 7.99. The van der Waals surface area contributed by atoms with Crippen LogP contribution in [0.2, 0.25) is 0 Å². The molecule has 4 rings (SSSR count). The molecule has 2 aromatic rings. The number of anilines is 2. The lowest BCUT2D eigenvalue weighted by atomic mass is 10.1. The van der Waals surface area contributed by atoms with E-state index in [9.17, 15) is 18.0 Å². The van der Waals surface area contributed by atoms with E-state index in [1.54, 1.807) is 12.1 Å². The lowest BCUT2D eigenvalue weighted by Gasteiger charge is -2.34. The summed E-state index contributed by atoms with van der Waals surface area (Å²) < 4.78 is 42.4. The van der Waals surface area contributed by atoms with Crippen LogP contribution in [0.1, 0.15) is 28.9 Å². The number of halogens is 3. The molecule has 33 heavy (non-hydrogen) atoms. The maximum absolute atomic E-state index is 12.4. The highest BCUT2D eigenvalue weighted by atomic mass is 19.4. The van der Waals surface area contributed by atoms with Crippen molar-refractivity contribution in [1.29, 1.82) is 0 Å². The Balaban J connectivity index is 0.000000186. The second-order valence-electron chi connectivity index (χ2n) is 7.99. The first-order valence-corrected chi connectivity index (χ1v) is 10.7. The van der Waals surface area contributed by atoms with Crippen molar-refractivity contribution in [3.8, 4) is 0 Å². The van der Waals surface area contributed by atoms with Gasteiger partial charge in [-0.3, -0.25) is 4.98 Å². The van der Waals surface area contributed by atoms with E-state index in [0.717, 1.165) is 44.7 Å². The quantitative estimate of drug-likeness (QED) is 0.709. The molecule has 2 aliphatic rings. The van der Waals surface area contributed by atoms with Gasteiger partial charge in [-0.05, 0) is 44.2 Å². The maximum atomic E-state index is 12.4. The molecule has 11 heteroatoms. The van der Waals surface area contributed by atoms with E-state index < -0.39 is 17.8 Å². The Morgan fingerprint density at radius 3 is 2.42 bits per heavy atom. The molecule has 1 aromatic carbocycles. The number of nitrogens with one attached hydrogen (secondary N) is 1. The van der Waals surface area contributed by atoms with E-state index in [1.165, 1.54) is 6.20 Å². The summed E-state index contributed by atoms with van der Waals surface area (Å²) in [5, 5.41) is 11.7. The van der Waals surface area contributed by atoms with Gasteiger partial charge in [-0.15, -0.1) is 0 Å². The number of likely N-dealkylation sites (N-methyl/N-ethyl adjacent to an activating group) is 1. The summed E-state index contributed by atoms with van der Waals surface area (Å²) in [7, 11) is 2.12. The number of piperazine rings is 1. The molecule has 0 radical (unpaired) electrons. The van der Waals surface area contributed by atoms with Crippen LogP contribution in [0, 0.1) is 0 Å². The minimum Gasteiger partial charge on any atom is -0.478 e. The summed E-state index contributed by atoms with van der Waals surface area (Å²) in [5.74, 6) is -0.736. The molecule has 2 aliphatic heterocycles. The number of aromatic nitrogens is 2. The van der Waals surface area contributed by atoms with Gasteiger partial charge in [0.2, 0.25) is 0 Å². The normalized spacial score (nSPS) is 19.4. The van der Waals surface area contributed by atoms with Gasteiger partial charge in [-0.25, -0.2) is 9.78 Å². The van der Waals surface area contributed by atoms with Crippen molar-refractivity contribution < 1.29 is 27.8 Å². The average molecular weight is 467 g/mol. The monoisotopic (exact) mass is 467 g/mol. The molecule has 0 spiro atoms. The molecule has 0 aliphatic carbocycles. The van der Waals surface area contributed by atoms with Crippen LogP contribution in [-0.2, 0) is 10.9 Å². The third-order valence-corrected chi connectivity index (χ3v) is 5.42. The lowest BCUT2D eigenvalue weighted by Crippen LogP contribution is -2.44. The Morgan fingerprint density at radius 1 is 1.15 bits per heavy atom. The molecule has 180 valence electrons. The second kappa shape index (κ2) is 11.3. The Bertz CT molecular complexity index is 897. The molecular formula is C22H28F3N5O3. The van der Waals surface area contributed by atoms with Crippen molar-refractivity contribution in [1.82, 2.24) is 14.9 Å². The number of hydrogen-bond donors (Lipinski definition) is 2. The van der Waals surface area contributed by atoms with Crippen LogP contribution in [0.4, 0.5) is 24.7 Å². The number of carbonyl (C=O) groups is 1.